The van der Waals surface area contributed by atoms with E-state index in [0.29, 0.717) is 26.1 Å². The predicted octanol–water partition coefficient (Wildman–Crippen LogP) is 4.16. The van der Waals surface area contributed by atoms with Gasteiger partial charge >= 0.3 is 49.8 Å². The first kappa shape index (κ1) is 27.7. The van der Waals surface area contributed by atoms with E-state index in [2.05, 4.69) is 50.3 Å². The van der Waals surface area contributed by atoms with Gasteiger partial charge in [-0.15, -0.1) is 0 Å². The minimum absolute atomic E-state index is 0.0869. The number of carbonyl (C=O) groups is 2. The van der Waals surface area contributed by atoms with Crippen molar-refractivity contribution in [2.24, 2.45) is 11.8 Å². The topological polar surface area (TPSA) is 52.6 Å². The maximum atomic E-state index is 10.4. The van der Waals surface area contributed by atoms with Crippen LogP contribution in [0, 0.1) is 39.5 Å². The van der Waals surface area contributed by atoms with Gasteiger partial charge in [0.05, 0.1) is 13.2 Å². The van der Waals surface area contributed by atoms with E-state index in [1.807, 2.05) is 0 Å². The molecule has 0 spiro atoms. The van der Waals surface area contributed by atoms with Crippen molar-refractivity contribution in [2.75, 3.05) is 13.2 Å². The summed E-state index contributed by atoms with van der Waals surface area (Å²) in [4.78, 5) is 20.9. The third kappa shape index (κ3) is 27.1. The van der Waals surface area contributed by atoms with E-state index >= 15 is 0 Å². The van der Waals surface area contributed by atoms with Crippen molar-refractivity contribution in [2.45, 2.75) is 12.8 Å². The molecule has 0 saturated heterocycles. The van der Waals surface area contributed by atoms with Gasteiger partial charge in [0.2, 0.25) is 0 Å². The zero-order chi connectivity index (χ0) is 18.7. The van der Waals surface area contributed by atoms with Crippen LogP contribution < -0.4 is 0 Å². The monoisotopic (exact) mass is 440 g/mol. The molecule has 0 aromatic rings. The summed E-state index contributed by atoms with van der Waals surface area (Å²) >= 11 is -0.826. The van der Waals surface area contributed by atoms with Crippen molar-refractivity contribution >= 4 is 29.0 Å². The van der Waals surface area contributed by atoms with Crippen LogP contribution >= 0.6 is 17.0 Å². The van der Waals surface area contributed by atoms with Crippen LogP contribution in [0.4, 0.5) is 0 Å². The zero-order valence-corrected chi connectivity index (χ0v) is 17.2. The van der Waals surface area contributed by atoms with E-state index in [-0.39, 0.29) is 11.8 Å². The van der Waals surface area contributed by atoms with Crippen LogP contribution in [-0.4, -0.2) is 25.2 Å². The molecular weight excluding hydrogens is 418 g/mol. The van der Waals surface area contributed by atoms with Gasteiger partial charge in [0, 0.05) is 12.2 Å². The molecule has 0 bridgehead atoms. The van der Waals surface area contributed by atoms with E-state index in [0.717, 1.165) is 12.2 Å². The van der Waals surface area contributed by atoms with Gasteiger partial charge in [-0.1, -0.05) is 13.2 Å². The standard InChI is InChI=1S/2C8H12O2.2ClH.Zr/c2*1-4-7(3)6-10-8(9)5-2;;;/h2*5,7H,1-4,6H2;2*1H;/q2*-2;;;+2/p-2. The predicted molar refractivity (Wildman–Crippen MR) is 91.7 cm³/mol. The average Bonchev–Trinajstić information content (AvgIpc) is 2.57. The molecule has 2 atom stereocenters. The van der Waals surface area contributed by atoms with Crippen molar-refractivity contribution in [3.63, 3.8) is 0 Å². The average molecular weight is 442 g/mol. The Kier molecular flexibility index (Phi) is 26.4. The number of carbonyl (C=O) groups excluding carboxylic acids is 2. The Morgan fingerprint density at radius 2 is 1.22 bits per heavy atom. The van der Waals surface area contributed by atoms with Gasteiger partial charge in [0.25, 0.3) is 0 Å². The summed E-state index contributed by atoms with van der Waals surface area (Å²) in [5.41, 5.74) is 0. The second kappa shape index (κ2) is 21.9. The van der Waals surface area contributed by atoms with Crippen molar-refractivity contribution < 1.29 is 39.9 Å². The fourth-order valence-corrected chi connectivity index (χ4v) is 0.684. The molecule has 134 valence electrons. The number of ether oxygens (including phenoxy) is 2. The summed E-state index contributed by atoms with van der Waals surface area (Å²) in [5.74, 6) is -0.628. The quantitative estimate of drug-likeness (QED) is 0.322. The molecule has 0 heterocycles. The number of halogens is 2. The van der Waals surface area contributed by atoms with Gasteiger partial charge in [0.1, 0.15) is 0 Å². The molecule has 0 aromatic heterocycles. The van der Waals surface area contributed by atoms with Gasteiger partial charge in [-0.05, 0) is 0 Å². The first-order valence-corrected chi connectivity index (χ1v) is 12.9. The molecule has 0 aromatic carbocycles. The van der Waals surface area contributed by atoms with Crippen LogP contribution in [0.1, 0.15) is 12.8 Å². The van der Waals surface area contributed by atoms with Crippen LogP contribution in [0.15, 0.2) is 25.3 Å². The number of hydrogen-bond acceptors (Lipinski definition) is 4. The molecule has 0 rings (SSSR count). The third-order valence-electron chi connectivity index (χ3n) is 2.07. The first-order valence-electron chi connectivity index (χ1n) is 6.62. The molecule has 0 N–H and O–H groups in total. The van der Waals surface area contributed by atoms with Crippen molar-refractivity contribution in [3.8, 4) is 0 Å². The Bertz CT molecular complexity index is 295. The molecule has 0 fully saturated rings. The fourth-order valence-electron chi connectivity index (χ4n) is 0.684. The molecule has 23 heavy (non-hydrogen) atoms. The summed E-state index contributed by atoms with van der Waals surface area (Å²) < 4.78 is 9.37. The minimum atomic E-state index is -0.826. The Morgan fingerprint density at radius 3 is 1.39 bits per heavy atom. The second-order valence-corrected chi connectivity index (χ2v) is 7.78. The van der Waals surface area contributed by atoms with Crippen LogP contribution in [0.3, 0.4) is 0 Å². The molecular formula is C16H24Cl2O4Zr-4. The van der Waals surface area contributed by atoms with Crippen LogP contribution in [0.2, 0.25) is 0 Å². The zero-order valence-electron chi connectivity index (χ0n) is 13.3. The molecule has 0 radical (unpaired) electrons. The van der Waals surface area contributed by atoms with E-state index < -0.39 is 32.8 Å². The van der Waals surface area contributed by atoms with Gasteiger partial charge in [-0.25, -0.2) is 22.4 Å². The van der Waals surface area contributed by atoms with Gasteiger partial charge in [-0.3, -0.25) is 0 Å². The van der Waals surface area contributed by atoms with Crippen LogP contribution in [0.25, 0.3) is 0 Å². The van der Waals surface area contributed by atoms with Crippen molar-refractivity contribution in [1.82, 2.24) is 0 Å². The third-order valence-corrected chi connectivity index (χ3v) is 2.07. The van der Waals surface area contributed by atoms with Crippen LogP contribution in [-0.2, 0) is 39.9 Å². The van der Waals surface area contributed by atoms with Crippen molar-refractivity contribution in [3.05, 3.63) is 53.0 Å². The summed E-state index contributed by atoms with van der Waals surface area (Å²) in [7, 11) is 9.87. The molecule has 0 aliphatic rings. The van der Waals surface area contributed by atoms with E-state index in [1.54, 1.807) is 0 Å². The number of hydrogen-bond donors (Lipinski definition) is 0. The molecule has 0 aliphatic carbocycles. The Morgan fingerprint density at radius 1 is 0.957 bits per heavy atom. The van der Waals surface area contributed by atoms with Gasteiger partial charge in [0.15, 0.2) is 0 Å². The van der Waals surface area contributed by atoms with Gasteiger partial charge < -0.3 is 37.2 Å². The SMILES string of the molecule is C=CC(=O)OCC([CH2-])C[CH2-].C=CC(=O)OCC([CH2-])C[CH2-].[Cl][Zr][Cl]. The molecule has 0 amide bonds. The van der Waals surface area contributed by atoms with E-state index in [1.165, 1.54) is 0 Å². The summed E-state index contributed by atoms with van der Waals surface area (Å²) in [6, 6.07) is 0. The van der Waals surface area contributed by atoms with Crippen LogP contribution in [0.5, 0.6) is 0 Å². The Balaban J connectivity index is -0.000000297. The van der Waals surface area contributed by atoms with Crippen molar-refractivity contribution in [1.29, 1.82) is 0 Å². The molecule has 7 heteroatoms. The molecule has 2 unspecified atom stereocenters. The fraction of sp³-hybridized carbons (Fsp3) is 0.375. The normalized spacial score (nSPS) is 11.2. The second-order valence-electron chi connectivity index (χ2n) is 4.05. The Hall–Kier alpha value is -0.117. The summed E-state index contributed by atoms with van der Waals surface area (Å²) in [6.45, 7) is 21.8. The first-order chi connectivity index (χ1) is 10.8. The molecule has 4 nitrogen and oxygen atoms in total. The maximum absolute atomic E-state index is 10.4. The summed E-state index contributed by atoms with van der Waals surface area (Å²) in [6.07, 6.45) is 3.61. The number of esters is 2. The van der Waals surface area contributed by atoms with E-state index in [9.17, 15) is 9.59 Å². The Labute approximate surface area is 159 Å². The van der Waals surface area contributed by atoms with Gasteiger partial charge in [-0.2, -0.15) is 11.8 Å². The number of rotatable bonds is 8. The summed E-state index contributed by atoms with van der Waals surface area (Å²) in [5, 5.41) is 0. The van der Waals surface area contributed by atoms with E-state index in [4.69, 9.17) is 17.0 Å². The molecule has 0 aliphatic heterocycles. The molecule has 0 saturated carbocycles.